The molecule has 0 radical (unpaired) electrons. The van der Waals surface area contributed by atoms with Gasteiger partial charge in [-0.25, -0.2) is 4.39 Å². The van der Waals surface area contributed by atoms with E-state index in [0.29, 0.717) is 12.8 Å². The Labute approximate surface area is 52.4 Å². The summed E-state index contributed by atoms with van der Waals surface area (Å²) >= 11 is 0. The number of hydrogen-bond acceptors (Lipinski definition) is 1. The fourth-order valence-electron chi connectivity index (χ4n) is 0.570. The van der Waals surface area contributed by atoms with Gasteiger partial charge in [0.05, 0.1) is 12.0 Å². The number of H-pyrrole nitrogens is 1. The first-order valence-corrected chi connectivity index (χ1v) is 2.67. The van der Waals surface area contributed by atoms with Gasteiger partial charge in [-0.2, -0.15) is 5.10 Å². The standard InChI is InChI=1S/C6H7FN2/c7-4-1-2-6-3-5-8-9-6/h1,3-5H,2H2,(H,8,9). The van der Waals surface area contributed by atoms with Crippen LogP contribution >= 0.6 is 0 Å². The zero-order valence-corrected chi connectivity index (χ0v) is 4.84. The topological polar surface area (TPSA) is 28.7 Å². The number of nitrogens with one attached hydrogen (secondary N) is 1. The molecule has 1 rings (SSSR count). The predicted octanol–water partition coefficient (Wildman–Crippen LogP) is 1.44. The van der Waals surface area contributed by atoms with Gasteiger partial charge in [-0.05, 0) is 6.07 Å². The van der Waals surface area contributed by atoms with Gasteiger partial charge in [-0.1, -0.05) is 6.08 Å². The van der Waals surface area contributed by atoms with Crippen LogP contribution in [0.5, 0.6) is 0 Å². The van der Waals surface area contributed by atoms with Crippen molar-refractivity contribution in [1.82, 2.24) is 10.2 Å². The molecule has 0 fully saturated rings. The zero-order chi connectivity index (χ0) is 6.53. The Hall–Kier alpha value is -1.12. The van der Waals surface area contributed by atoms with E-state index in [0.717, 1.165) is 5.69 Å². The zero-order valence-electron chi connectivity index (χ0n) is 4.84. The van der Waals surface area contributed by atoms with Crippen molar-refractivity contribution in [3.8, 4) is 0 Å². The van der Waals surface area contributed by atoms with Crippen LogP contribution in [0.4, 0.5) is 4.39 Å². The van der Waals surface area contributed by atoms with Gasteiger partial charge in [0, 0.05) is 12.6 Å². The van der Waals surface area contributed by atoms with Gasteiger partial charge in [0.1, 0.15) is 0 Å². The molecule has 0 aliphatic rings. The third kappa shape index (κ3) is 1.68. The van der Waals surface area contributed by atoms with Crippen molar-refractivity contribution < 1.29 is 4.39 Å². The van der Waals surface area contributed by atoms with E-state index in [1.807, 2.05) is 0 Å². The summed E-state index contributed by atoms with van der Waals surface area (Å²) in [6, 6.07) is 1.81. The number of rotatable bonds is 2. The molecule has 9 heavy (non-hydrogen) atoms. The molecule has 2 nitrogen and oxygen atoms in total. The summed E-state index contributed by atoms with van der Waals surface area (Å²) in [6.45, 7) is 0. The van der Waals surface area contributed by atoms with Crippen molar-refractivity contribution in [2.24, 2.45) is 0 Å². The first kappa shape index (κ1) is 6.01. The number of allylic oxidation sites excluding steroid dienone is 1. The molecule has 1 aromatic heterocycles. The van der Waals surface area contributed by atoms with Gasteiger partial charge < -0.3 is 0 Å². The number of hydrogen-bond donors (Lipinski definition) is 1. The predicted molar refractivity (Wildman–Crippen MR) is 32.5 cm³/mol. The van der Waals surface area contributed by atoms with Crippen LogP contribution in [0.1, 0.15) is 5.69 Å². The van der Waals surface area contributed by atoms with E-state index < -0.39 is 0 Å². The van der Waals surface area contributed by atoms with Crippen molar-refractivity contribution in [2.75, 3.05) is 0 Å². The molecular weight excluding hydrogens is 119 g/mol. The SMILES string of the molecule is FC=CCc1cc[nH]n1. The van der Waals surface area contributed by atoms with Crippen molar-refractivity contribution in [2.45, 2.75) is 6.42 Å². The number of aromatic amines is 1. The second-order valence-corrected chi connectivity index (χ2v) is 1.63. The second-order valence-electron chi connectivity index (χ2n) is 1.63. The van der Waals surface area contributed by atoms with Crippen LogP contribution in [0.2, 0.25) is 0 Å². The van der Waals surface area contributed by atoms with Gasteiger partial charge >= 0.3 is 0 Å². The van der Waals surface area contributed by atoms with Crippen LogP contribution in [0.3, 0.4) is 0 Å². The molecule has 0 atom stereocenters. The largest absolute Gasteiger partial charge is 0.285 e. The van der Waals surface area contributed by atoms with E-state index in [4.69, 9.17) is 0 Å². The molecule has 0 amide bonds. The monoisotopic (exact) mass is 126 g/mol. The second kappa shape index (κ2) is 3.02. The lowest BCUT2D eigenvalue weighted by Crippen LogP contribution is -1.78. The lowest BCUT2D eigenvalue weighted by molar-refractivity contribution is 0.716. The maximum atomic E-state index is 11.4. The van der Waals surface area contributed by atoms with E-state index in [1.165, 1.54) is 6.08 Å². The van der Waals surface area contributed by atoms with Gasteiger partial charge in [-0.15, -0.1) is 0 Å². The molecule has 3 heteroatoms. The average molecular weight is 126 g/mol. The molecule has 0 bridgehead atoms. The Morgan fingerprint density at radius 1 is 1.78 bits per heavy atom. The Bertz CT molecular complexity index is 179. The average Bonchev–Trinajstić information content (AvgIpc) is 2.34. The fourth-order valence-corrected chi connectivity index (χ4v) is 0.570. The molecule has 1 N–H and O–H groups in total. The van der Waals surface area contributed by atoms with Crippen molar-refractivity contribution in [3.05, 3.63) is 30.4 Å². The fraction of sp³-hybridized carbons (Fsp3) is 0.167. The molecule has 0 unspecified atom stereocenters. The lowest BCUT2D eigenvalue weighted by atomic mass is 10.3. The van der Waals surface area contributed by atoms with Gasteiger partial charge in [0.25, 0.3) is 0 Å². The maximum Gasteiger partial charge on any atom is 0.0831 e. The molecule has 0 saturated carbocycles. The minimum atomic E-state index is 0.522. The van der Waals surface area contributed by atoms with Crippen molar-refractivity contribution >= 4 is 0 Å². The minimum Gasteiger partial charge on any atom is -0.285 e. The van der Waals surface area contributed by atoms with E-state index in [-0.39, 0.29) is 0 Å². The molecule has 0 aromatic carbocycles. The van der Waals surface area contributed by atoms with Crippen LogP contribution < -0.4 is 0 Å². The van der Waals surface area contributed by atoms with Gasteiger partial charge in [-0.3, -0.25) is 5.10 Å². The third-order valence-electron chi connectivity index (χ3n) is 0.974. The van der Waals surface area contributed by atoms with Crippen LogP contribution in [0, 0.1) is 0 Å². The Morgan fingerprint density at radius 3 is 3.22 bits per heavy atom. The Kier molecular flexibility index (Phi) is 2.01. The molecule has 1 aromatic rings. The van der Waals surface area contributed by atoms with Crippen molar-refractivity contribution in [3.63, 3.8) is 0 Å². The molecule has 1 heterocycles. The number of halogens is 1. The molecular formula is C6H7FN2. The quantitative estimate of drug-likeness (QED) is 0.638. The lowest BCUT2D eigenvalue weighted by Gasteiger charge is -1.80. The molecule has 0 saturated heterocycles. The van der Waals surface area contributed by atoms with E-state index in [2.05, 4.69) is 10.2 Å². The van der Waals surface area contributed by atoms with Crippen LogP contribution in [-0.4, -0.2) is 10.2 Å². The summed E-state index contributed by atoms with van der Waals surface area (Å²) < 4.78 is 11.4. The Morgan fingerprint density at radius 2 is 2.67 bits per heavy atom. The normalized spacial score (nSPS) is 10.8. The Balaban J connectivity index is 2.48. The summed E-state index contributed by atoms with van der Waals surface area (Å²) in [7, 11) is 0. The highest BCUT2D eigenvalue weighted by Gasteiger charge is 1.87. The maximum absolute atomic E-state index is 11.4. The van der Waals surface area contributed by atoms with Crippen LogP contribution in [0.15, 0.2) is 24.7 Å². The number of aromatic nitrogens is 2. The van der Waals surface area contributed by atoms with Crippen LogP contribution in [-0.2, 0) is 6.42 Å². The smallest absolute Gasteiger partial charge is 0.0831 e. The summed E-state index contributed by atoms with van der Waals surface area (Å²) in [4.78, 5) is 0. The highest BCUT2D eigenvalue weighted by atomic mass is 19.1. The van der Waals surface area contributed by atoms with E-state index in [9.17, 15) is 4.39 Å². The third-order valence-corrected chi connectivity index (χ3v) is 0.974. The summed E-state index contributed by atoms with van der Waals surface area (Å²) in [6.07, 6.45) is 4.20. The molecule has 0 spiro atoms. The van der Waals surface area contributed by atoms with Crippen molar-refractivity contribution in [1.29, 1.82) is 0 Å². The molecule has 0 aliphatic carbocycles. The first-order valence-electron chi connectivity index (χ1n) is 2.67. The van der Waals surface area contributed by atoms with E-state index >= 15 is 0 Å². The first-order chi connectivity index (χ1) is 4.43. The highest BCUT2D eigenvalue weighted by Crippen LogP contribution is 1.93. The summed E-state index contributed by atoms with van der Waals surface area (Å²) in [5, 5.41) is 6.44. The van der Waals surface area contributed by atoms with Crippen LogP contribution in [0.25, 0.3) is 0 Å². The number of nitrogens with zero attached hydrogens (tertiary/aromatic N) is 1. The molecule has 0 aliphatic heterocycles. The molecule has 48 valence electrons. The summed E-state index contributed by atoms with van der Waals surface area (Å²) in [5.74, 6) is 0. The van der Waals surface area contributed by atoms with Gasteiger partial charge in [0.15, 0.2) is 0 Å². The highest BCUT2D eigenvalue weighted by molar-refractivity contribution is 5.02. The minimum absolute atomic E-state index is 0.522. The van der Waals surface area contributed by atoms with E-state index in [1.54, 1.807) is 12.3 Å². The summed E-state index contributed by atoms with van der Waals surface area (Å²) in [5.41, 5.74) is 0.851. The van der Waals surface area contributed by atoms with Gasteiger partial charge in [0.2, 0.25) is 0 Å².